The first-order chi connectivity index (χ1) is 16.1. The van der Waals surface area contributed by atoms with Crippen molar-refractivity contribution >= 4 is 50.1 Å². The summed E-state index contributed by atoms with van der Waals surface area (Å²) in [6.45, 7) is 3.39. The van der Waals surface area contributed by atoms with Crippen LogP contribution >= 0.6 is 12.2 Å². The fourth-order valence-electron chi connectivity index (χ4n) is 3.70. The maximum atomic E-state index is 12.1. The number of ether oxygens (including phenoxy) is 2. The maximum Gasteiger partial charge on any atom is 0.259 e. The van der Waals surface area contributed by atoms with Gasteiger partial charge in [-0.1, -0.05) is 13.8 Å². The number of amides is 1. The minimum absolute atomic E-state index is 0.0232. The quantitative estimate of drug-likeness (QED) is 0.420. The van der Waals surface area contributed by atoms with Crippen molar-refractivity contribution in [2.45, 2.75) is 38.4 Å². The van der Waals surface area contributed by atoms with Gasteiger partial charge in [-0.2, -0.15) is 0 Å². The molecule has 2 aliphatic heterocycles. The molecule has 2 aliphatic rings. The lowest BCUT2D eigenvalue weighted by atomic mass is 10.1. The van der Waals surface area contributed by atoms with Gasteiger partial charge in [0.1, 0.15) is 18.5 Å². The van der Waals surface area contributed by atoms with Gasteiger partial charge < -0.3 is 29.9 Å². The Morgan fingerprint density at radius 2 is 2.03 bits per heavy atom. The Bertz CT molecular complexity index is 1170. The number of rotatable bonds is 5. The number of aliphatic hydroxyl groups is 2. The second-order valence-electron chi connectivity index (χ2n) is 8.42. The molecule has 15 heteroatoms. The van der Waals surface area contributed by atoms with E-state index in [0.717, 1.165) is 0 Å². The fraction of sp³-hybridized carbons (Fsp3) is 0.632. The SMILES string of the molecule is CC(C)C(=O)Nc1ncnc2c1ncn2[C@@H]1O[C@H](CO)[C@H](O)C1OC(=S)N1CCS(=O)(=O)CC1. The molecule has 4 atom stereocenters. The average Bonchev–Trinajstić information content (AvgIpc) is 3.35. The summed E-state index contributed by atoms with van der Waals surface area (Å²) in [5, 5.41) is 23.1. The highest BCUT2D eigenvalue weighted by Crippen LogP contribution is 2.34. The molecule has 0 aliphatic carbocycles. The van der Waals surface area contributed by atoms with Crippen LogP contribution in [-0.4, -0.2) is 104 Å². The number of carbonyl (C=O) groups is 1. The number of nitrogens with one attached hydrogen (secondary N) is 1. The summed E-state index contributed by atoms with van der Waals surface area (Å²) in [7, 11) is -3.11. The largest absolute Gasteiger partial charge is 0.460 e. The van der Waals surface area contributed by atoms with Crippen LogP contribution < -0.4 is 5.32 Å². The van der Waals surface area contributed by atoms with Crippen molar-refractivity contribution < 1.29 is 32.9 Å². The zero-order valence-electron chi connectivity index (χ0n) is 18.6. The third kappa shape index (κ3) is 4.84. The second-order valence-corrected chi connectivity index (χ2v) is 11.1. The molecule has 2 aromatic heterocycles. The molecule has 34 heavy (non-hydrogen) atoms. The van der Waals surface area contributed by atoms with Crippen molar-refractivity contribution in [3.8, 4) is 0 Å². The number of aliphatic hydroxyl groups excluding tert-OH is 2. The van der Waals surface area contributed by atoms with Crippen LogP contribution in [0.5, 0.6) is 0 Å². The zero-order valence-corrected chi connectivity index (χ0v) is 20.2. The lowest BCUT2D eigenvalue weighted by Gasteiger charge is -2.31. The fourth-order valence-corrected chi connectivity index (χ4v) is 5.19. The summed E-state index contributed by atoms with van der Waals surface area (Å²) < 4.78 is 36.7. The van der Waals surface area contributed by atoms with Gasteiger partial charge in [-0.15, -0.1) is 0 Å². The lowest BCUT2D eigenvalue weighted by molar-refractivity contribution is -0.118. The molecule has 2 aromatic rings. The van der Waals surface area contributed by atoms with Gasteiger partial charge >= 0.3 is 0 Å². The molecule has 2 saturated heterocycles. The van der Waals surface area contributed by atoms with Crippen molar-refractivity contribution in [1.82, 2.24) is 24.4 Å². The molecule has 13 nitrogen and oxygen atoms in total. The van der Waals surface area contributed by atoms with Crippen molar-refractivity contribution in [2.75, 3.05) is 36.5 Å². The van der Waals surface area contributed by atoms with Crippen molar-refractivity contribution in [3.63, 3.8) is 0 Å². The van der Waals surface area contributed by atoms with E-state index in [1.807, 2.05) is 0 Å². The van der Waals surface area contributed by atoms with E-state index in [0.29, 0.717) is 11.2 Å². The Hall–Kier alpha value is -2.46. The molecule has 0 aromatic carbocycles. The van der Waals surface area contributed by atoms with Crippen LogP contribution in [0.4, 0.5) is 5.82 Å². The molecular formula is C19H26N6O7S2. The molecule has 4 rings (SSSR count). The first-order valence-corrected chi connectivity index (χ1v) is 12.9. The highest BCUT2D eigenvalue weighted by molar-refractivity contribution is 7.91. The van der Waals surface area contributed by atoms with E-state index in [2.05, 4.69) is 20.3 Å². The number of carbonyl (C=O) groups excluding carboxylic acids is 1. The average molecular weight is 515 g/mol. The Kier molecular flexibility index (Phi) is 7.00. The van der Waals surface area contributed by atoms with Crippen LogP contribution in [-0.2, 0) is 24.1 Å². The first kappa shape index (κ1) is 24.7. The van der Waals surface area contributed by atoms with Gasteiger partial charge in [-0.25, -0.2) is 23.4 Å². The molecule has 3 N–H and O–H groups in total. The minimum atomic E-state index is -3.11. The van der Waals surface area contributed by atoms with E-state index in [4.69, 9.17) is 21.7 Å². The van der Waals surface area contributed by atoms with E-state index in [9.17, 15) is 23.4 Å². The summed E-state index contributed by atoms with van der Waals surface area (Å²) >= 11 is 5.37. The van der Waals surface area contributed by atoms with Gasteiger partial charge in [0.15, 0.2) is 39.2 Å². The monoisotopic (exact) mass is 514 g/mol. The van der Waals surface area contributed by atoms with E-state index in [1.54, 1.807) is 18.7 Å². The summed E-state index contributed by atoms with van der Waals surface area (Å²) in [6, 6.07) is 0. The van der Waals surface area contributed by atoms with Crippen molar-refractivity contribution in [2.24, 2.45) is 5.92 Å². The van der Waals surface area contributed by atoms with Gasteiger partial charge in [0.25, 0.3) is 5.17 Å². The molecule has 1 unspecified atom stereocenters. The van der Waals surface area contributed by atoms with Crippen LogP contribution in [0.1, 0.15) is 20.1 Å². The predicted octanol–water partition coefficient (Wildman–Crippen LogP) is -0.928. The number of imidazole rings is 1. The molecule has 186 valence electrons. The van der Waals surface area contributed by atoms with Crippen LogP contribution in [0.25, 0.3) is 11.2 Å². The van der Waals surface area contributed by atoms with E-state index in [1.165, 1.54) is 17.2 Å². The molecule has 2 fully saturated rings. The Morgan fingerprint density at radius 3 is 2.68 bits per heavy atom. The predicted molar refractivity (Wildman–Crippen MR) is 123 cm³/mol. The number of fused-ring (bicyclic) bond motifs is 1. The number of thiocarbonyl (C=S) groups is 1. The van der Waals surface area contributed by atoms with Gasteiger partial charge in [0.2, 0.25) is 5.91 Å². The summed E-state index contributed by atoms with van der Waals surface area (Å²) in [6.07, 6.45) is -1.52. The van der Waals surface area contributed by atoms with Gasteiger partial charge in [0, 0.05) is 19.0 Å². The molecule has 4 heterocycles. The third-order valence-corrected chi connectivity index (χ3v) is 7.69. The summed E-state index contributed by atoms with van der Waals surface area (Å²) in [4.78, 5) is 26.4. The number of anilines is 1. The van der Waals surface area contributed by atoms with Gasteiger partial charge in [0.05, 0.1) is 24.4 Å². The number of nitrogens with zero attached hydrogens (tertiary/aromatic N) is 5. The zero-order chi connectivity index (χ0) is 24.6. The molecule has 0 spiro atoms. The van der Waals surface area contributed by atoms with Crippen LogP contribution in [0, 0.1) is 5.92 Å². The number of hydrogen-bond donors (Lipinski definition) is 3. The Labute approximate surface area is 201 Å². The second kappa shape index (κ2) is 9.65. The Morgan fingerprint density at radius 1 is 1.32 bits per heavy atom. The van der Waals surface area contributed by atoms with Crippen molar-refractivity contribution in [3.05, 3.63) is 12.7 Å². The van der Waals surface area contributed by atoms with E-state index >= 15 is 0 Å². The molecule has 0 radical (unpaired) electrons. The van der Waals surface area contributed by atoms with Crippen molar-refractivity contribution in [1.29, 1.82) is 0 Å². The third-order valence-electron chi connectivity index (χ3n) is 5.73. The van der Waals surface area contributed by atoms with Crippen LogP contribution in [0.15, 0.2) is 12.7 Å². The lowest BCUT2D eigenvalue weighted by Crippen LogP contribution is -2.47. The molecular weight excluding hydrogens is 488 g/mol. The van der Waals surface area contributed by atoms with Gasteiger partial charge in [-0.05, 0) is 12.2 Å². The molecule has 1 amide bonds. The number of hydrogen-bond acceptors (Lipinski definition) is 11. The van der Waals surface area contributed by atoms with Crippen LogP contribution in [0.2, 0.25) is 0 Å². The minimum Gasteiger partial charge on any atom is -0.460 e. The standard InChI is InChI=1S/C19H26N6O7S2/c1-10(2)17(28)23-15-12-16(21-8-20-15)25(9-22-12)18-14(13(27)11(7-26)31-18)32-19(33)24-3-5-34(29,30)6-4-24/h8-11,13-14,18,26-27H,3-7H2,1-2H3,(H,20,21,23,28)/t11-,13+,14?,18-/m1/s1. The van der Waals surface area contributed by atoms with E-state index in [-0.39, 0.29) is 47.4 Å². The number of aromatic nitrogens is 4. The molecule has 0 saturated carbocycles. The number of sulfone groups is 1. The topological polar surface area (TPSA) is 169 Å². The highest BCUT2D eigenvalue weighted by atomic mass is 32.2. The molecule has 0 bridgehead atoms. The van der Waals surface area contributed by atoms with E-state index < -0.39 is 41.0 Å². The first-order valence-electron chi connectivity index (χ1n) is 10.7. The Balaban J connectivity index is 1.60. The van der Waals surface area contributed by atoms with Gasteiger partial charge in [-0.3, -0.25) is 9.36 Å². The maximum absolute atomic E-state index is 12.1. The smallest absolute Gasteiger partial charge is 0.259 e. The normalized spacial score (nSPS) is 26.7. The summed E-state index contributed by atoms with van der Waals surface area (Å²) in [5.41, 5.74) is 0.623. The van der Waals surface area contributed by atoms with Crippen LogP contribution in [0.3, 0.4) is 0 Å². The highest BCUT2D eigenvalue weighted by Gasteiger charge is 2.47. The summed E-state index contributed by atoms with van der Waals surface area (Å²) in [5.74, 6) is -0.373.